The van der Waals surface area contributed by atoms with E-state index in [2.05, 4.69) is 4.98 Å². The average Bonchev–Trinajstić information content (AvgIpc) is 2.27. The number of nitrogens with zero attached hydrogens (tertiary/aromatic N) is 1. The van der Waals surface area contributed by atoms with Gasteiger partial charge in [-0.1, -0.05) is 0 Å². The highest BCUT2D eigenvalue weighted by Crippen LogP contribution is 2.18. The van der Waals surface area contributed by atoms with Gasteiger partial charge in [0.1, 0.15) is 0 Å². The molecule has 0 aliphatic rings. The molecule has 0 aliphatic heterocycles. The summed E-state index contributed by atoms with van der Waals surface area (Å²) in [6.07, 6.45) is 3.44. The Hall–Kier alpha value is -1.43. The van der Waals surface area contributed by atoms with Gasteiger partial charge in [-0.05, 0) is 38.0 Å². The van der Waals surface area contributed by atoms with Crippen molar-refractivity contribution >= 4 is 15.8 Å². The van der Waals surface area contributed by atoms with Gasteiger partial charge < -0.3 is 5.11 Å². The van der Waals surface area contributed by atoms with Gasteiger partial charge in [0.15, 0.2) is 14.6 Å². The highest BCUT2D eigenvalue weighted by Gasteiger charge is 2.41. The third-order valence-corrected chi connectivity index (χ3v) is 5.17. The lowest BCUT2D eigenvalue weighted by Crippen LogP contribution is -2.42. The van der Waals surface area contributed by atoms with Crippen molar-refractivity contribution in [2.45, 2.75) is 25.0 Å². The van der Waals surface area contributed by atoms with Gasteiger partial charge in [0.05, 0.1) is 5.75 Å². The summed E-state index contributed by atoms with van der Waals surface area (Å²) >= 11 is 0. The van der Waals surface area contributed by atoms with E-state index in [1.54, 1.807) is 24.5 Å². The monoisotopic (exact) mass is 257 g/mol. The zero-order valence-electron chi connectivity index (χ0n) is 9.75. The molecule has 0 radical (unpaired) electrons. The Bertz CT molecular complexity index is 493. The molecule has 0 fully saturated rings. The summed E-state index contributed by atoms with van der Waals surface area (Å²) in [6.45, 7) is 2.41. The third-order valence-electron chi connectivity index (χ3n) is 2.70. The van der Waals surface area contributed by atoms with Crippen molar-refractivity contribution in [3.63, 3.8) is 0 Å². The SMILES string of the molecule is CC(C)(C(=O)O)S(=O)(=O)CCc1ccncc1. The zero-order valence-corrected chi connectivity index (χ0v) is 10.6. The van der Waals surface area contributed by atoms with Gasteiger partial charge in [-0.3, -0.25) is 9.78 Å². The molecule has 1 aromatic rings. The first-order valence-corrected chi connectivity index (χ1v) is 6.77. The lowest BCUT2D eigenvalue weighted by atomic mass is 10.2. The predicted octanol–water partition coefficient (Wildman–Crippen LogP) is 0.902. The second kappa shape index (κ2) is 4.83. The number of aromatic nitrogens is 1. The van der Waals surface area contributed by atoms with E-state index in [4.69, 9.17) is 5.11 Å². The Morgan fingerprint density at radius 3 is 2.35 bits per heavy atom. The fourth-order valence-electron chi connectivity index (χ4n) is 1.19. The molecule has 0 aliphatic carbocycles. The summed E-state index contributed by atoms with van der Waals surface area (Å²) in [6, 6.07) is 3.42. The van der Waals surface area contributed by atoms with E-state index in [0.717, 1.165) is 5.56 Å². The van der Waals surface area contributed by atoms with Crippen LogP contribution in [0.25, 0.3) is 0 Å². The molecule has 1 N–H and O–H groups in total. The van der Waals surface area contributed by atoms with Gasteiger partial charge in [-0.15, -0.1) is 0 Å². The quantitative estimate of drug-likeness (QED) is 0.847. The number of hydrogen-bond acceptors (Lipinski definition) is 4. The van der Waals surface area contributed by atoms with Crippen LogP contribution in [0.2, 0.25) is 0 Å². The molecule has 0 unspecified atom stereocenters. The van der Waals surface area contributed by atoms with E-state index in [1.807, 2.05) is 0 Å². The van der Waals surface area contributed by atoms with Crippen LogP contribution < -0.4 is 0 Å². The largest absolute Gasteiger partial charge is 0.480 e. The Morgan fingerprint density at radius 1 is 1.35 bits per heavy atom. The van der Waals surface area contributed by atoms with Crippen LogP contribution in [-0.4, -0.2) is 35.0 Å². The number of sulfone groups is 1. The second-order valence-electron chi connectivity index (χ2n) is 4.24. The van der Waals surface area contributed by atoms with Gasteiger partial charge in [0, 0.05) is 12.4 Å². The summed E-state index contributed by atoms with van der Waals surface area (Å²) in [5.74, 6) is -1.51. The fourth-order valence-corrected chi connectivity index (χ4v) is 2.47. The van der Waals surface area contributed by atoms with Crippen LogP contribution in [0.4, 0.5) is 0 Å². The van der Waals surface area contributed by atoms with Crippen LogP contribution in [0, 0.1) is 0 Å². The van der Waals surface area contributed by atoms with Gasteiger partial charge in [-0.2, -0.15) is 0 Å². The zero-order chi connectivity index (χ0) is 13.1. The van der Waals surface area contributed by atoms with Crippen LogP contribution in [-0.2, 0) is 21.1 Å². The van der Waals surface area contributed by atoms with Crippen molar-refractivity contribution in [1.29, 1.82) is 0 Å². The third kappa shape index (κ3) is 3.03. The average molecular weight is 257 g/mol. The molecule has 0 bridgehead atoms. The molecule has 0 saturated carbocycles. The highest BCUT2D eigenvalue weighted by atomic mass is 32.2. The molecule has 94 valence electrons. The lowest BCUT2D eigenvalue weighted by molar-refractivity contribution is -0.139. The predicted molar refractivity (Wildman–Crippen MR) is 63.4 cm³/mol. The summed E-state index contributed by atoms with van der Waals surface area (Å²) in [7, 11) is -3.68. The molecule has 1 heterocycles. The van der Waals surface area contributed by atoms with E-state index in [1.165, 1.54) is 13.8 Å². The maximum Gasteiger partial charge on any atom is 0.324 e. The van der Waals surface area contributed by atoms with Gasteiger partial charge >= 0.3 is 5.97 Å². The first-order valence-electron chi connectivity index (χ1n) is 5.12. The Balaban J connectivity index is 2.79. The Kier molecular flexibility index (Phi) is 3.87. The second-order valence-corrected chi connectivity index (χ2v) is 6.90. The van der Waals surface area contributed by atoms with Gasteiger partial charge in [0.2, 0.25) is 0 Å². The van der Waals surface area contributed by atoms with E-state index < -0.39 is 20.6 Å². The first kappa shape index (κ1) is 13.6. The number of carbonyl (C=O) groups is 1. The number of carboxylic acids is 1. The standard InChI is InChI=1S/C11H15NO4S/c1-11(2,10(13)14)17(15,16)8-5-9-3-6-12-7-4-9/h3-4,6-7H,5,8H2,1-2H3,(H,13,14). The molecule has 5 nitrogen and oxygen atoms in total. The first-order chi connectivity index (χ1) is 7.77. The van der Waals surface area contributed by atoms with Gasteiger partial charge in [-0.25, -0.2) is 8.42 Å². The number of aryl methyl sites for hydroxylation is 1. The molecule has 0 saturated heterocycles. The minimum absolute atomic E-state index is 0.184. The normalized spacial score (nSPS) is 12.4. The molecular formula is C11H15NO4S. The van der Waals surface area contributed by atoms with Crippen molar-refractivity contribution in [3.8, 4) is 0 Å². The van der Waals surface area contributed by atoms with Crippen molar-refractivity contribution in [1.82, 2.24) is 4.98 Å². The topological polar surface area (TPSA) is 84.3 Å². The van der Waals surface area contributed by atoms with Crippen LogP contribution >= 0.6 is 0 Å². The van der Waals surface area contributed by atoms with Crippen LogP contribution in [0.3, 0.4) is 0 Å². The number of aliphatic carboxylic acids is 1. The molecule has 0 amide bonds. The molecule has 1 rings (SSSR count). The minimum atomic E-state index is -3.68. The number of carboxylic acid groups (broad SMARTS) is 1. The Labute approximate surface area is 100 Å². The smallest absolute Gasteiger partial charge is 0.324 e. The maximum atomic E-state index is 11.9. The maximum absolute atomic E-state index is 11.9. The molecule has 1 aromatic heterocycles. The lowest BCUT2D eigenvalue weighted by Gasteiger charge is -2.19. The van der Waals surface area contributed by atoms with Crippen LogP contribution in [0.15, 0.2) is 24.5 Å². The van der Waals surface area contributed by atoms with Gasteiger partial charge in [0.25, 0.3) is 0 Å². The number of pyridine rings is 1. The summed E-state index contributed by atoms with van der Waals surface area (Å²) in [5.41, 5.74) is 0.824. The molecule has 17 heavy (non-hydrogen) atoms. The van der Waals surface area contributed by atoms with Crippen LogP contribution in [0.1, 0.15) is 19.4 Å². The summed E-state index contributed by atoms with van der Waals surface area (Å²) < 4.78 is 22.0. The van der Waals surface area contributed by atoms with Crippen molar-refractivity contribution in [2.24, 2.45) is 0 Å². The van der Waals surface area contributed by atoms with Crippen molar-refractivity contribution < 1.29 is 18.3 Å². The van der Waals surface area contributed by atoms with E-state index in [-0.39, 0.29) is 5.75 Å². The fraction of sp³-hybridized carbons (Fsp3) is 0.455. The molecule has 6 heteroatoms. The number of hydrogen-bond donors (Lipinski definition) is 1. The number of rotatable bonds is 5. The highest BCUT2D eigenvalue weighted by molar-refractivity contribution is 7.93. The van der Waals surface area contributed by atoms with Crippen LogP contribution in [0.5, 0.6) is 0 Å². The Morgan fingerprint density at radius 2 is 1.88 bits per heavy atom. The van der Waals surface area contributed by atoms with Crippen molar-refractivity contribution in [3.05, 3.63) is 30.1 Å². The van der Waals surface area contributed by atoms with E-state index >= 15 is 0 Å². The van der Waals surface area contributed by atoms with E-state index in [0.29, 0.717) is 6.42 Å². The molecule has 0 spiro atoms. The molecular weight excluding hydrogens is 242 g/mol. The molecule has 0 atom stereocenters. The van der Waals surface area contributed by atoms with E-state index in [9.17, 15) is 13.2 Å². The molecule has 0 aromatic carbocycles. The summed E-state index contributed by atoms with van der Waals surface area (Å²) in [4.78, 5) is 14.7. The van der Waals surface area contributed by atoms with Crippen molar-refractivity contribution in [2.75, 3.05) is 5.75 Å². The minimum Gasteiger partial charge on any atom is -0.480 e. The summed E-state index contributed by atoms with van der Waals surface area (Å²) in [5, 5.41) is 8.88.